The Morgan fingerprint density at radius 2 is 1.88 bits per heavy atom. The van der Waals surface area contributed by atoms with E-state index in [4.69, 9.17) is 16.3 Å². The van der Waals surface area contributed by atoms with Crippen LogP contribution in [-0.4, -0.2) is 13.0 Å². The Morgan fingerprint density at radius 1 is 1.12 bits per heavy atom. The van der Waals surface area contributed by atoms with Crippen LogP contribution in [0.25, 0.3) is 11.1 Å². The van der Waals surface area contributed by atoms with Gasteiger partial charge < -0.3 is 10.1 Å². The molecule has 1 aliphatic heterocycles. The van der Waals surface area contributed by atoms with Gasteiger partial charge in [0.05, 0.1) is 12.8 Å². The highest BCUT2D eigenvalue weighted by Crippen LogP contribution is 2.49. The van der Waals surface area contributed by atoms with Crippen LogP contribution in [0.5, 0.6) is 5.75 Å². The van der Waals surface area contributed by atoms with Gasteiger partial charge in [0.1, 0.15) is 5.75 Å². The number of rotatable bonds is 3. The average Bonchev–Trinajstić information content (AvgIpc) is 3.05. The topological polar surface area (TPSA) is 38.3 Å². The molecule has 0 fully saturated rings. The zero-order chi connectivity index (χ0) is 17.4. The van der Waals surface area contributed by atoms with Crippen LogP contribution in [0.3, 0.4) is 0 Å². The van der Waals surface area contributed by atoms with E-state index in [-0.39, 0.29) is 11.8 Å². The maximum absolute atomic E-state index is 12.4. The Labute approximate surface area is 155 Å². The van der Waals surface area contributed by atoms with Gasteiger partial charge in [-0.1, -0.05) is 48.0 Å². The number of hydrogen-bond acceptors (Lipinski definition) is 3. The maximum atomic E-state index is 12.4. The van der Waals surface area contributed by atoms with Gasteiger partial charge in [0.2, 0.25) is 5.91 Å². The summed E-state index contributed by atoms with van der Waals surface area (Å²) in [5.41, 5.74) is 3.83. The number of hydrogen-bond donors (Lipinski definition) is 1. The highest BCUT2D eigenvalue weighted by atomic mass is 35.5. The third-order valence-electron chi connectivity index (χ3n) is 4.47. The number of methoxy groups -OCH3 is 1. The first-order chi connectivity index (χ1) is 12.2. The number of carbonyl (C=O) groups is 1. The quantitative estimate of drug-likeness (QED) is 0.657. The van der Waals surface area contributed by atoms with Crippen molar-refractivity contribution in [3.05, 3.63) is 69.4 Å². The van der Waals surface area contributed by atoms with Crippen LogP contribution < -0.4 is 10.1 Å². The molecule has 0 unspecified atom stereocenters. The number of ether oxygens (including phenoxy) is 1. The summed E-state index contributed by atoms with van der Waals surface area (Å²) in [5.74, 6) is 0.773. The number of benzene rings is 2. The molecular formula is C20H16ClNO2S. The number of para-hydroxylation sites is 1. The zero-order valence-electron chi connectivity index (χ0n) is 13.6. The first-order valence-electron chi connectivity index (χ1n) is 7.98. The number of anilines is 1. The van der Waals surface area contributed by atoms with Gasteiger partial charge >= 0.3 is 0 Å². The third kappa shape index (κ3) is 2.81. The lowest BCUT2D eigenvalue weighted by atomic mass is 9.89. The molecule has 0 spiro atoms. The number of amides is 1. The highest BCUT2D eigenvalue weighted by Gasteiger charge is 2.31. The van der Waals surface area contributed by atoms with Crippen LogP contribution in [0, 0.1) is 0 Å². The van der Waals surface area contributed by atoms with Gasteiger partial charge in [0.25, 0.3) is 0 Å². The van der Waals surface area contributed by atoms with Gasteiger partial charge in [0.15, 0.2) is 0 Å². The molecule has 0 aliphatic carbocycles. The first-order valence-corrected chi connectivity index (χ1v) is 9.24. The number of nitrogens with one attached hydrogen (secondary N) is 1. The predicted molar refractivity (Wildman–Crippen MR) is 103 cm³/mol. The van der Waals surface area contributed by atoms with Crippen molar-refractivity contribution in [3.8, 4) is 16.9 Å². The fraction of sp³-hybridized carbons (Fsp3) is 0.150. The normalized spacial score (nSPS) is 16.2. The molecule has 0 bridgehead atoms. The van der Waals surface area contributed by atoms with Gasteiger partial charge in [-0.2, -0.15) is 0 Å². The van der Waals surface area contributed by atoms with Gasteiger partial charge in [-0.05, 0) is 17.7 Å². The van der Waals surface area contributed by atoms with Crippen molar-refractivity contribution < 1.29 is 9.53 Å². The number of halogens is 1. The summed E-state index contributed by atoms with van der Waals surface area (Å²) in [6.07, 6.45) is 0.405. The van der Waals surface area contributed by atoms with Crippen molar-refractivity contribution in [2.75, 3.05) is 12.4 Å². The average molecular weight is 370 g/mol. The molecule has 1 aromatic heterocycles. The largest absolute Gasteiger partial charge is 0.496 e. The summed E-state index contributed by atoms with van der Waals surface area (Å²) in [7, 11) is 1.66. The van der Waals surface area contributed by atoms with E-state index in [2.05, 4.69) is 10.7 Å². The van der Waals surface area contributed by atoms with E-state index in [1.54, 1.807) is 18.4 Å². The van der Waals surface area contributed by atoms with Crippen molar-refractivity contribution in [1.29, 1.82) is 0 Å². The minimum absolute atomic E-state index is 0.00645. The Balaban J connectivity index is 1.86. The molecule has 126 valence electrons. The number of thiophene rings is 1. The molecule has 2 aromatic carbocycles. The molecule has 5 heteroatoms. The molecule has 0 radical (unpaired) electrons. The molecule has 1 amide bonds. The molecular weight excluding hydrogens is 354 g/mol. The molecule has 1 atom stereocenters. The smallest absolute Gasteiger partial charge is 0.225 e. The summed E-state index contributed by atoms with van der Waals surface area (Å²) in [4.78, 5) is 13.5. The lowest BCUT2D eigenvalue weighted by Gasteiger charge is -2.24. The Morgan fingerprint density at radius 3 is 2.68 bits per heavy atom. The molecule has 1 aliphatic rings. The second kappa shape index (κ2) is 6.54. The van der Waals surface area contributed by atoms with Crippen molar-refractivity contribution in [1.82, 2.24) is 0 Å². The predicted octanol–water partition coefficient (Wildman–Crippen LogP) is 5.55. The van der Waals surface area contributed by atoms with Crippen molar-refractivity contribution in [3.63, 3.8) is 0 Å². The van der Waals surface area contributed by atoms with Crippen LogP contribution in [0.15, 0.2) is 53.9 Å². The second-order valence-electron chi connectivity index (χ2n) is 5.92. The summed E-state index contributed by atoms with van der Waals surface area (Å²) >= 11 is 8.05. The lowest BCUT2D eigenvalue weighted by Crippen LogP contribution is -2.22. The first kappa shape index (κ1) is 16.2. The van der Waals surface area contributed by atoms with Crippen LogP contribution in [0.2, 0.25) is 5.02 Å². The molecule has 0 saturated heterocycles. The minimum atomic E-state index is -0.0223. The van der Waals surface area contributed by atoms with E-state index in [9.17, 15) is 4.79 Å². The van der Waals surface area contributed by atoms with E-state index in [1.807, 2.05) is 48.5 Å². The van der Waals surface area contributed by atoms with Crippen molar-refractivity contribution in [2.24, 2.45) is 0 Å². The highest BCUT2D eigenvalue weighted by molar-refractivity contribution is 7.11. The molecule has 2 heterocycles. The maximum Gasteiger partial charge on any atom is 0.225 e. The van der Waals surface area contributed by atoms with Crippen LogP contribution >= 0.6 is 22.9 Å². The molecule has 3 nitrogen and oxygen atoms in total. The molecule has 0 saturated carbocycles. The fourth-order valence-electron chi connectivity index (χ4n) is 3.30. The van der Waals surface area contributed by atoms with Gasteiger partial charge in [-0.15, -0.1) is 11.3 Å². The monoisotopic (exact) mass is 369 g/mol. The SMILES string of the molecule is COc1ccccc1-c1csc2c1NC(=O)C[C@@H]2c1ccccc1Cl. The number of carbonyl (C=O) groups excluding carboxylic acids is 1. The number of fused-ring (bicyclic) bond motifs is 1. The standard InChI is InChI=1S/C20H16ClNO2S/c1-24-17-9-5-3-7-13(17)15-11-25-20-14(10-18(23)22-19(15)20)12-6-2-4-8-16(12)21/h2-9,11,14H,10H2,1H3,(H,22,23)/t14-/m1/s1. The lowest BCUT2D eigenvalue weighted by molar-refractivity contribution is -0.116. The summed E-state index contributed by atoms with van der Waals surface area (Å²) in [5, 5.41) is 5.83. The van der Waals surface area contributed by atoms with E-state index in [0.29, 0.717) is 11.4 Å². The van der Waals surface area contributed by atoms with E-state index >= 15 is 0 Å². The summed E-state index contributed by atoms with van der Waals surface area (Å²) < 4.78 is 5.49. The van der Waals surface area contributed by atoms with Gasteiger partial charge in [-0.25, -0.2) is 0 Å². The molecule has 4 rings (SSSR count). The fourth-order valence-corrected chi connectivity index (χ4v) is 4.71. The van der Waals surface area contributed by atoms with E-state index in [0.717, 1.165) is 33.0 Å². The third-order valence-corrected chi connectivity index (χ3v) is 5.91. The van der Waals surface area contributed by atoms with E-state index in [1.165, 1.54) is 0 Å². The van der Waals surface area contributed by atoms with Gasteiger partial charge in [0, 0.05) is 38.7 Å². The summed E-state index contributed by atoms with van der Waals surface area (Å²) in [6, 6.07) is 15.6. The van der Waals surface area contributed by atoms with Gasteiger partial charge in [-0.3, -0.25) is 4.79 Å². The van der Waals surface area contributed by atoms with Crippen molar-refractivity contribution >= 4 is 34.5 Å². The summed E-state index contributed by atoms with van der Waals surface area (Å²) in [6.45, 7) is 0. The molecule has 3 aromatic rings. The Hall–Kier alpha value is -2.30. The zero-order valence-corrected chi connectivity index (χ0v) is 15.2. The second-order valence-corrected chi connectivity index (χ2v) is 7.23. The minimum Gasteiger partial charge on any atom is -0.496 e. The Kier molecular flexibility index (Phi) is 4.24. The molecule has 25 heavy (non-hydrogen) atoms. The van der Waals surface area contributed by atoms with E-state index < -0.39 is 0 Å². The van der Waals surface area contributed by atoms with Crippen LogP contribution in [0.4, 0.5) is 5.69 Å². The van der Waals surface area contributed by atoms with Crippen LogP contribution in [0.1, 0.15) is 22.8 Å². The van der Waals surface area contributed by atoms with Crippen LogP contribution in [-0.2, 0) is 4.79 Å². The molecule has 1 N–H and O–H groups in total. The van der Waals surface area contributed by atoms with Crippen molar-refractivity contribution in [2.45, 2.75) is 12.3 Å². The Bertz CT molecular complexity index is 950.